The lowest BCUT2D eigenvalue weighted by Gasteiger charge is -2.35. The fraction of sp³-hybridized carbons (Fsp3) is 0.857. The number of piperidine rings is 1. The third-order valence-electron chi connectivity index (χ3n) is 4.20. The Kier molecular flexibility index (Phi) is 5.79. The standard InChI is InChI=1S/C14H27N5/c1-3-18-9-4-6-14(12-18)13(2)15-7-5-10-19-11-8-16-17-19/h8,11,13-15H,3-7,9-10,12H2,1-2H3. The first-order chi connectivity index (χ1) is 9.29. The Labute approximate surface area is 116 Å². The van der Waals surface area contributed by atoms with E-state index in [1.54, 1.807) is 6.20 Å². The van der Waals surface area contributed by atoms with E-state index in [1.165, 1.54) is 32.5 Å². The topological polar surface area (TPSA) is 46.0 Å². The minimum atomic E-state index is 0.616. The van der Waals surface area contributed by atoms with Gasteiger partial charge in [-0.2, -0.15) is 0 Å². The Balaban J connectivity index is 1.62. The van der Waals surface area contributed by atoms with Gasteiger partial charge in [0.1, 0.15) is 0 Å². The van der Waals surface area contributed by atoms with Crippen LogP contribution in [0.5, 0.6) is 0 Å². The molecule has 19 heavy (non-hydrogen) atoms. The average molecular weight is 265 g/mol. The molecule has 5 nitrogen and oxygen atoms in total. The van der Waals surface area contributed by atoms with E-state index in [1.807, 2.05) is 10.9 Å². The first-order valence-electron chi connectivity index (χ1n) is 7.59. The summed E-state index contributed by atoms with van der Waals surface area (Å²) in [7, 11) is 0. The minimum absolute atomic E-state index is 0.616. The highest BCUT2D eigenvalue weighted by Gasteiger charge is 2.23. The van der Waals surface area contributed by atoms with E-state index in [0.717, 1.165) is 25.4 Å². The molecule has 1 saturated heterocycles. The lowest BCUT2D eigenvalue weighted by molar-refractivity contribution is 0.157. The van der Waals surface area contributed by atoms with Crippen LogP contribution < -0.4 is 5.32 Å². The van der Waals surface area contributed by atoms with Crippen LogP contribution in [0.2, 0.25) is 0 Å². The summed E-state index contributed by atoms with van der Waals surface area (Å²) >= 11 is 0. The lowest BCUT2D eigenvalue weighted by atomic mass is 9.91. The molecule has 1 N–H and O–H groups in total. The number of likely N-dealkylation sites (tertiary alicyclic amines) is 1. The van der Waals surface area contributed by atoms with E-state index in [0.29, 0.717) is 6.04 Å². The molecule has 0 aromatic carbocycles. The molecule has 0 amide bonds. The molecule has 0 saturated carbocycles. The van der Waals surface area contributed by atoms with Crippen LogP contribution >= 0.6 is 0 Å². The number of aryl methyl sites for hydroxylation is 1. The molecule has 0 aliphatic carbocycles. The fourth-order valence-corrected chi connectivity index (χ4v) is 2.88. The van der Waals surface area contributed by atoms with Crippen molar-refractivity contribution in [1.29, 1.82) is 0 Å². The van der Waals surface area contributed by atoms with Gasteiger partial charge in [0.15, 0.2) is 0 Å². The van der Waals surface area contributed by atoms with Gasteiger partial charge in [0.05, 0.1) is 6.20 Å². The Bertz CT molecular complexity index is 338. The largest absolute Gasteiger partial charge is 0.314 e. The van der Waals surface area contributed by atoms with Crippen LogP contribution in [-0.4, -0.2) is 52.1 Å². The highest BCUT2D eigenvalue weighted by molar-refractivity contribution is 4.80. The number of hydrogen-bond acceptors (Lipinski definition) is 4. The molecule has 1 aromatic rings. The second-order valence-electron chi connectivity index (χ2n) is 5.56. The normalized spacial score (nSPS) is 22.5. The van der Waals surface area contributed by atoms with E-state index in [-0.39, 0.29) is 0 Å². The van der Waals surface area contributed by atoms with Gasteiger partial charge in [-0.05, 0) is 51.7 Å². The van der Waals surface area contributed by atoms with Gasteiger partial charge in [0.25, 0.3) is 0 Å². The second-order valence-corrected chi connectivity index (χ2v) is 5.56. The summed E-state index contributed by atoms with van der Waals surface area (Å²) < 4.78 is 1.89. The number of nitrogens with one attached hydrogen (secondary N) is 1. The van der Waals surface area contributed by atoms with Gasteiger partial charge in [-0.15, -0.1) is 5.10 Å². The number of hydrogen-bond donors (Lipinski definition) is 1. The molecule has 1 fully saturated rings. The van der Waals surface area contributed by atoms with Crippen molar-refractivity contribution < 1.29 is 0 Å². The summed E-state index contributed by atoms with van der Waals surface area (Å²) in [5.41, 5.74) is 0. The molecule has 1 aromatic heterocycles. The van der Waals surface area contributed by atoms with Crippen molar-refractivity contribution in [2.24, 2.45) is 5.92 Å². The van der Waals surface area contributed by atoms with Crippen molar-refractivity contribution in [2.45, 2.75) is 45.7 Å². The number of nitrogens with zero attached hydrogens (tertiary/aromatic N) is 4. The fourth-order valence-electron chi connectivity index (χ4n) is 2.88. The monoisotopic (exact) mass is 265 g/mol. The first-order valence-corrected chi connectivity index (χ1v) is 7.59. The van der Waals surface area contributed by atoms with E-state index in [9.17, 15) is 0 Å². The Morgan fingerprint density at radius 2 is 2.37 bits per heavy atom. The Hall–Kier alpha value is -0.940. The first kappa shape index (κ1) is 14.5. The van der Waals surface area contributed by atoms with Crippen molar-refractivity contribution >= 4 is 0 Å². The maximum atomic E-state index is 3.98. The van der Waals surface area contributed by atoms with Crippen molar-refractivity contribution in [3.05, 3.63) is 12.4 Å². The number of aromatic nitrogens is 3. The summed E-state index contributed by atoms with van der Waals surface area (Å²) in [5, 5.41) is 11.5. The highest BCUT2D eigenvalue weighted by atomic mass is 15.4. The molecular weight excluding hydrogens is 238 g/mol. The van der Waals surface area contributed by atoms with Gasteiger partial charge in [0, 0.05) is 25.3 Å². The molecule has 108 valence electrons. The third kappa shape index (κ3) is 4.58. The van der Waals surface area contributed by atoms with Gasteiger partial charge in [-0.3, -0.25) is 4.68 Å². The average Bonchev–Trinajstić information content (AvgIpc) is 2.96. The molecule has 0 radical (unpaired) electrons. The zero-order chi connectivity index (χ0) is 13.5. The van der Waals surface area contributed by atoms with Crippen molar-refractivity contribution in [3.8, 4) is 0 Å². The molecule has 0 spiro atoms. The van der Waals surface area contributed by atoms with Crippen LogP contribution in [0.15, 0.2) is 12.4 Å². The van der Waals surface area contributed by atoms with E-state index in [4.69, 9.17) is 0 Å². The molecular formula is C14H27N5. The summed E-state index contributed by atoms with van der Waals surface area (Å²) in [5.74, 6) is 0.806. The smallest absolute Gasteiger partial charge is 0.0692 e. The van der Waals surface area contributed by atoms with Crippen molar-refractivity contribution in [3.63, 3.8) is 0 Å². The van der Waals surface area contributed by atoms with Gasteiger partial charge < -0.3 is 10.2 Å². The van der Waals surface area contributed by atoms with Crippen LogP contribution in [0.4, 0.5) is 0 Å². The number of rotatable bonds is 7. The summed E-state index contributed by atoms with van der Waals surface area (Å²) in [6.45, 7) is 10.3. The zero-order valence-electron chi connectivity index (χ0n) is 12.3. The predicted octanol–water partition coefficient (Wildman–Crippen LogP) is 1.38. The van der Waals surface area contributed by atoms with Crippen LogP contribution in [0, 0.1) is 5.92 Å². The van der Waals surface area contributed by atoms with Gasteiger partial charge in [-0.1, -0.05) is 12.1 Å². The van der Waals surface area contributed by atoms with E-state index >= 15 is 0 Å². The quantitative estimate of drug-likeness (QED) is 0.757. The summed E-state index contributed by atoms with van der Waals surface area (Å²) in [6.07, 6.45) is 7.48. The molecule has 1 aliphatic heterocycles. The molecule has 0 bridgehead atoms. The zero-order valence-corrected chi connectivity index (χ0v) is 12.3. The molecule has 2 rings (SSSR count). The lowest BCUT2D eigenvalue weighted by Crippen LogP contribution is -2.44. The SMILES string of the molecule is CCN1CCCC(C(C)NCCCn2ccnn2)C1. The maximum absolute atomic E-state index is 3.98. The summed E-state index contributed by atoms with van der Waals surface area (Å²) in [4.78, 5) is 2.57. The molecule has 5 heteroatoms. The second kappa shape index (κ2) is 7.60. The Morgan fingerprint density at radius 3 is 3.11 bits per heavy atom. The predicted molar refractivity (Wildman–Crippen MR) is 76.9 cm³/mol. The summed E-state index contributed by atoms with van der Waals surface area (Å²) in [6, 6.07) is 0.616. The van der Waals surface area contributed by atoms with Gasteiger partial charge in [-0.25, -0.2) is 0 Å². The molecule has 2 heterocycles. The van der Waals surface area contributed by atoms with Gasteiger partial charge >= 0.3 is 0 Å². The Morgan fingerprint density at radius 1 is 1.47 bits per heavy atom. The van der Waals surface area contributed by atoms with Crippen LogP contribution in [0.1, 0.15) is 33.1 Å². The van der Waals surface area contributed by atoms with Crippen molar-refractivity contribution in [1.82, 2.24) is 25.2 Å². The van der Waals surface area contributed by atoms with E-state index in [2.05, 4.69) is 34.4 Å². The van der Waals surface area contributed by atoms with Crippen LogP contribution in [-0.2, 0) is 6.54 Å². The van der Waals surface area contributed by atoms with Crippen LogP contribution in [0.25, 0.3) is 0 Å². The minimum Gasteiger partial charge on any atom is -0.314 e. The van der Waals surface area contributed by atoms with Crippen molar-refractivity contribution in [2.75, 3.05) is 26.2 Å². The molecule has 1 aliphatic rings. The molecule has 2 atom stereocenters. The van der Waals surface area contributed by atoms with E-state index < -0.39 is 0 Å². The maximum Gasteiger partial charge on any atom is 0.0692 e. The molecule has 2 unspecified atom stereocenters. The highest BCUT2D eigenvalue weighted by Crippen LogP contribution is 2.19. The van der Waals surface area contributed by atoms with Crippen LogP contribution in [0.3, 0.4) is 0 Å². The van der Waals surface area contributed by atoms with Gasteiger partial charge in [0.2, 0.25) is 0 Å². The third-order valence-corrected chi connectivity index (χ3v) is 4.20.